The van der Waals surface area contributed by atoms with Crippen LogP contribution in [-0.2, 0) is 0 Å². The molecule has 0 aliphatic rings. The topological polar surface area (TPSA) is 52.0 Å². The monoisotopic (exact) mass is 334 g/mol. The average molecular weight is 335 g/mol. The zero-order valence-corrected chi connectivity index (χ0v) is 12.6. The highest BCUT2D eigenvalue weighted by Crippen LogP contribution is 2.42. The Kier molecular flexibility index (Phi) is 3.16. The molecule has 0 fully saturated rings. The molecule has 0 saturated heterocycles. The molecule has 0 saturated carbocycles. The Balaban J connectivity index is 2.26. The lowest BCUT2D eigenvalue weighted by Crippen LogP contribution is -1.89. The van der Waals surface area contributed by atoms with Crippen molar-refractivity contribution in [2.75, 3.05) is 5.73 Å². The van der Waals surface area contributed by atoms with Gasteiger partial charge in [-0.1, -0.05) is 29.4 Å². The summed E-state index contributed by atoms with van der Waals surface area (Å²) in [6, 6.07) is 10.1. The van der Waals surface area contributed by atoms with E-state index in [-0.39, 0.29) is 0 Å². The van der Waals surface area contributed by atoms with E-state index in [2.05, 4.69) is 34.1 Å². The molecule has 1 aromatic carbocycles. The maximum Gasteiger partial charge on any atom is 0.230 e. The molecule has 5 heteroatoms. The van der Waals surface area contributed by atoms with Crippen LogP contribution < -0.4 is 5.73 Å². The highest BCUT2D eigenvalue weighted by atomic mass is 79.9. The first-order valence-electron chi connectivity index (χ1n) is 5.73. The fourth-order valence-electron chi connectivity index (χ4n) is 2.03. The first-order valence-corrected chi connectivity index (χ1v) is 7.40. The lowest BCUT2D eigenvalue weighted by molar-refractivity contribution is 0.439. The van der Waals surface area contributed by atoms with Crippen LogP contribution in [0.15, 0.2) is 44.7 Å². The van der Waals surface area contributed by atoms with Crippen LogP contribution in [0, 0.1) is 6.92 Å². The summed E-state index contributed by atoms with van der Waals surface area (Å²) >= 11 is 5.13. The van der Waals surface area contributed by atoms with Crippen molar-refractivity contribution in [3.63, 3.8) is 0 Å². The average Bonchev–Trinajstić information content (AvgIpc) is 2.96. The third-order valence-electron chi connectivity index (χ3n) is 2.97. The molecule has 2 N–H and O–H groups in total. The summed E-state index contributed by atoms with van der Waals surface area (Å²) in [5.41, 5.74) is 9.80. The summed E-state index contributed by atoms with van der Waals surface area (Å²) in [7, 11) is 0. The minimum atomic E-state index is 0.351. The van der Waals surface area contributed by atoms with Gasteiger partial charge < -0.3 is 10.3 Å². The minimum absolute atomic E-state index is 0.351. The van der Waals surface area contributed by atoms with Gasteiger partial charge in [0.25, 0.3) is 0 Å². The van der Waals surface area contributed by atoms with Gasteiger partial charge >= 0.3 is 0 Å². The van der Waals surface area contributed by atoms with Crippen molar-refractivity contribution < 1.29 is 4.52 Å². The highest BCUT2D eigenvalue weighted by Gasteiger charge is 2.21. The maximum absolute atomic E-state index is 5.96. The van der Waals surface area contributed by atoms with Crippen molar-refractivity contribution in [2.24, 2.45) is 0 Å². The van der Waals surface area contributed by atoms with Crippen molar-refractivity contribution >= 4 is 33.2 Å². The third-order valence-corrected chi connectivity index (χ3v) is 4.81. The summed E-state index contributed by atoms with van der Waals surface area (Å²) < 4.78 is 6.20. The Labute approximate surface area is 123 Å². The van der Waals surface area contributed by atoms with Crippen LogP contribution in [0.2, 0.25) is 0 Å². The Hall–Kier alpha value is -1.59. The lowest BCUT2D eigenvalue weighted by Gasteiger charge is -2.05. The number of nitrogens with zero attached hydrogens (tertiary/aromatic N) is 1. The fourth-order valence-corrected chi connectivity index (χ4v) is 3.58. The first-order chi connectivity index (χ1) is 9.18. The van der Waals surface area contributed by atoms with E-state index in [1.807, 2.05) is 29.6 Å². The Bertz CT molecular complexity index is 733. The molecule has 3 aromatic rings. The number of nitrogen functional groups attached to an aromatic ring is 1. The van der Waals surface area contributed by atoms with Gasteiger partial charge in [0.05, 0.1) is 10.4 Å². The van der Waals surface area contributed by atoms with E-state index >= 15 is 0 Å². The van der Waals surface area contributed by atoms with Crippen molar-refractivity contribution in [1.82, 2.24) is 5.16 Å². The van der Waals surface area contributed by atoms with Gasteiger partial charge in [-0.15, -0.1) is 11.3 Å². The molecule has 96 valence electrons. The van der Waals surface area contributed by atoms with Gasteiger partial charge in [0, 0.05) is 4.47 Å². The molecule has 0 spiro atoms. The number of hydrogen-bond acceptors (Lipinski definition) is 4. The van der Waals surface area contributed by atoms with Crippen molar-refractivity contribution in [3.05, 3.63) is 45.7 Å². The molecular formula is C14H11BrN2OS. The number of nitrogens with two attached hydrogens (primary N) is 1. The Morgan fingerprint density at radius 2 is 2.05 bits per heavy atom. The van der Waals surface area contributed by atoms with Crippen LogP contribution in [0.25, 0.3) is 21.7 Å². The van der Waals surface area contributed by atoms with Crippen LogP contribution in [0.5, 0.6) is 0 Å². The molecule has 0 atom stereocenters. The number of thiophene rings is 1. The summed E-state index contributed by atoms with van der Waals surface area (Å²) in [6.07, 6.45) is 0. The lowest BCUT2D eigenvalue weighted by atomic mass is 10.00. The molecule has 19 heavy (non-hydrogen) atoms. The largest absolute Gasteiger partial charge is 0.367 e. The number of halogens is 1. The van der Waals surface area contributed by atoms with Gasteiger partial charge in [0.2, 0.25) is 5.88 Å². The van der Waals surface area contributed by atoms with E-state index < -0.39 is 0 Å². The number of rotatable bonds is 2. The normalized spacial score (nSPS) is 10.8. The van der Waals surface area contributed by atoms with E-state index in [1.54, 1.807) is 11.3 Å². The number of benzene rings is 1. The van der Waals surface area contributed by atoms with Crippen LogP contribution in [-0.4, -0.2) is 5.16 Å². The second-order valence-electron chi connectivity index (χ2n) is 4.18. The number of aryl methyl sites for hydroxylation is 1. The van der Waals surface area contributed by atoms with Crippen LogP contribution in [0.4, 0.5) is 5.88 Å². The van der Waals surface area contributed by atoms with Crippen molar-refractivity contribution in [3.8, 4) is 21.7 Å². The molecule has 2 heterocycles. The number of aromatic nitrogens is 1. The summed E-state index contributed by atoms with van der Waals surface area (Å²) in [5.74, 6) is 0.351. The zero-order valence-electron chi connectivity index (χ0n) is 10.2. The number of anilines is 1. The van der Waals surface area contributed by atoms with Gasteiger partial charge in [0.1, 0.15) is 5.69 Å². The predicted octanol–water partition coefficient (Wildman–Crippen LogP) is 4.72. The van der Waals surface area contributed by atoms with Gasteiger partial charge in [-0.25, -0.2) is 0 Å². The molecule has 0 bridgehead atoms. The van der Waals surface area contributed by atoms with Gasteiger partial charge in [-0.3, -0.25) is 0 Å². The maximum atomic E-state index is 5.96. The third kappa shape index (κ3) is 2.09. The SMILES string of the molecule is Cc1ccccc1-c1c(-c2sccc2Br)noc1N. The first kappa shape index (κ1) is 12.4. The van der Waals surface area contributed by atoms with Crippen LogP contribution in [0.1, 0.15) is 5.56 Å². The smallest absolute Gasteiger partial charge is 0.230 e. The Morgan fingerprint density at radius 1 is 1.26 bits per heavy atom. The molecule has 3 nitrogen and oxygen atoms in total. The van der Waals surface area contributed by atoms with Gasteiger partial charge in [-0.05, 0) is 45.4 Å². The zero-order chi connectivity index (χ0) is 13.4. The van der Waals surface area contributed by atoms with E-state index in [4.69, 9.17) is 10.3 Å². The molecular weight excluding hydrogens is 324 g/mol. The molecule has 0 unspecified atom stereocenters. The molecule has 2 aromatic heterocycles. The number of hydrogen-bond donors (Lipinski definition) is 1. The highest BCUT2D eigenvalue weighted by molar-refractivity contribution is 9.10. The van der Waals surface area contributed by atoms with E-state index in [1.165, 1.54) is 0 Å². The van der Waals surface area contributed by atoms with Gasteiger partial charge in [0.15, 0.2) is 0 Å². The summed E-state index contributed by atoms with van der Waals surface area (Å²) in [6.45, 7) is 2.05. The molecule has 0 radical (unpaired) electrons. The molecule has 0 aliphatic carbocycles. The molecule has 3 rings (SSSR count). The summed E-state index contributed by atoms with van der Waals surface area (Å²) in [4.78, 5) is 1.03. The standard InChI is InChI=1S/C14H11BrN2OS/c1-8-4-2-3-5-9(8)11-12(17-18-14(11)16)13-10(15)6-7-19-13/h2-7H,16H2,1H3. The van der Waals surface area contributed by atoms with Crippen LogP contribution >= 0.6 is 27.3 Å². The predicted molar refractivity (Wildman–Crippen MR) is 82.1 cm³/mol. The molecule has 0 amide bonds. The second kappa shape index (κ2) is 4.83. The van der Waals surface area contributed by atoms with Gasteiger partial charge in [-0.2, -0.15) is 0 Å². The van der Waals surface area contributed by atoms with E-state index in [0.29, 0.717) is 5.88 Å². The quantitative estimate of drug-likeness (QED) is 0.737. The molecule has 0 aliphatic heterocycles. The van der Waals surface area contributed by atoms with E-state index in [9.17, 15) is 0 Å². The summed E-state index contributed by atoms with van der Waals surface area (Å²) in [5, 5.41) is 6.12. The Morgan fingerprint density at radius 3 is 2.74 bits per heavy atom. The van der Waals surface area contributed by atoms with Crippen molar-refractivity contribution in [2.45, 2.75) is 6.92 Å². The van der Waals surface area contributed by atoms with E-state index in [0.717, 1.165) is 31.7 Å². The minimum Gasteiger partial charge on any atom is -0.367 e. The second-order valence-corrected chi connectivity index (χ2v) is 5.95. The van der Waals surface area contributed by atoms with Crippen molar-refractivity contribution in [1.29, 1.82) is 0 Å². The fraction of sp³-hybridized carbons (Fsp3) is 0.0714. The van der Waals surface area contributed by atoms with Crippen LogP contribution in [0.3, 0.4) is 0 Å².